The van der Waals surface area contributed by atoms with Crippen LogP contribution in [0.15, 0.2) is 18.2 Å². The van der Waals surface area contributed by atoms with E-state index in [-0.39, 0.29) is 0 Å². The zero-order valence-corrected chi connectivity index (χ0v) is 18.7. The van der Waals surface area contributed by atoms with Crippen molar-refractivity contribution in [2.24, 2.45) is 10.8 Å². The zero-order valence-electron chi connectivity index (χ0n) is 18.7. The summed E-state index contributed by atoms with van der Waals surface area (Å²) in [5.41, 5.74) is 4.15. The van der Waals surface area contributed by atoms with Gasteiger partial charge in [0.05, 0.1) is 0 Å². The summed E-state index contributed by atoms with van der Waals surface area (Å²) in [5, 5.41) is 10.1. The van der Waals surface area contributed by atoms with Crippen molar-refractivity contribution in [1.29, 1.82) is 0 Å². The van der Waals surface area contributed by atoms with Crippen molar-refractivity contribution < 1.29 is 5.11 Å². The van der Waals surface area contributed by atoms with Crippen molar-refractivity contribution in [2.45, 2.75) is 123 Å². The minimum Gasteiger partial charge on any atom is -0.508 e. The molecule has 158 valence electrons. The summed E-state index contributed by atoms with van der Waals surface area (Å²) < 4.78 is 0. The molecule has 0 aromatic heterocycles. The first-order valence-corrected chi connectivity index (χ1v) is 12.3. The molecular weight excluding hydrogens is 340 g/mol. The number of phenols is 1. The van der Waals surface area contributed by atoms with Crippen LogP contribution < -0.4 is 0 Å². The number of hydrogen-bond acceptors (Lipinski definition) is 1. The summed E-state index contributed by atoms with van der Waals surface area (Å²) in [7, 11) is 0. The Kier molecular flexibility index (Phi) is 7.89. The van der Waals surface area contributed by atoms with Crippen molar-refractivity contribution in [3.8, 4) is 5.75 Å². The molecule has 0 aliphatic heterocycles. The van der Waals surface area contributed by atoms with Gasteiger partial charge in [-0.15, -0.1) is 0 Å². The summed E-state index contributed by atoms with van der Waals surface area (Å²) >= 11 is 0. The first kappa shape index (κ1) is 21.7. The Bertz CT molecular complexity index is 594. The van der Waals surface area contributed by atoms with E-state index in [4.69, 9.17) is 0 Å². The fourth-order valence-electron chi connectivity index (χ4n) is 4.87. The maximum absolute atomic E-state index is 10.1. The molecule has 0 bridgehead atoms. The van der Waals surface area contributed by atoms with Gasteiger partial charge in [0.2, 0.25) is 0 Å². The number of phenolic OH excluding ortho intramolecular Hbond substituents is 1. The van der Waals surface area contributed by atoms with Crippen LogP contribution in [0.3, 0.4) is 0 Å². The number of hydrogen-bond donors (Lipinski definition) is 1. The summed E-state index contributed by atoms with van der Waals surface area (Å²) in [6, 6.07) is 6.31. The molecule has 2 saturated carbocycles. The van der Waals surface area contributed by atoms with Gasteiger partial charge in [0.25, 0.3) is 0 Å². The van der Waals surface area contributed by atoms with E-state index in [9.17, 15) is 5.11 Å². The Hall–Kier alpha value is -0.980. The molecule has 1 aromatic carbocycles. The molecule has 0 atom stereocenters. The molecule has 0 unspecified atom stereocenters. The van der Waals surface area contributed by atoms with Crippen LogP contribution in [0.4, 0.5) is 0 Å². The lowest BCUT2D eigenvalue weighted by molar-refractivity contribution is 0.420. The molecule has 0 radical (unpaired) electrons. The highest BCUT2D eigenvalue weighted by Crippen LogP contribution is 2.52. The van der Waals surface area contributed by atoms with E-state index >= 15 is 0 Å². The van der Waals surface area contributed by atoms with Gasteiger partial charge in [-0.2, -0.15) is 0 Å². The molecule has 0 saturated heterocycles. The molecule has 28 heavy (non-hydrogen) atoms. The third-order valence-corrected chi connectivity index (χ3v) is 7.77. The first-order valence-electron chi connectivity index (χ1n) is 12.3. The maximum Gasteiger partial charge on any atom is 0.116 e. The molecule has 3 rings (SSSR count). The van der Waals surface area contributed by atoms with Gasteiger partial charge in [-0.25, -0.2) is 0 Å². The Morgan fingerprint density at radius 1 is 0.714 bits per heavy atom. The quantitative estimate of drug-likeness (QED) is 0.301. The number of benzene rings is 1. The Balaban J connectivity index is 1.26. The predicted octanol–water partition coefficient (Wildman–Crippen LogP) is 8.37. The van der Waals surface area contributed by atoms with E-state index in [1.54, 1.807) is 0 Å². The lowest BCUT2D eigenvalue weighted by Crippen LogP contribution is -1.97. The average Bonchev–Trinajstić information content (AvgIpc) is 3.59. The van der Waals surface area contributed by atoms with E-state index in [0.717, 1.165) is 23.7 Å². The molecule has 1 nitrogen and oxygen atoms in total. The minimum absolute atomic E-state index is 0.466. The number of rotatable bonds is 15. The van der Waals surface area contributed by atoms with E-state index < -0.39 is 0 Å². The molecule has 2 fully saturated rings. The number of unbranched alkanes of at least 4 members (excludes halogenated alkanes) is 6. The summed E-state index contributed by atoms with van der Waals surface area (Å²) in [4.78, 5) is 0. The molecule has 2 aliphatic rings. The third-order valence-electron chi connectivity index (χ3n) is 7.77. The minimum atomic E-state index is 0.466. The molecule has 1 N–H and O–H groups in total. The van der Waals surface area contributed by atoms with Gasteiger partial charge in [0.15, 0.2) is 0 Å². The van der Waals surface area contributed by atoms with Crippen molar-refractivity contribution in [2.75, 3.05) is 0 Å². The van der Waals surface area contributed by atoms with E-state index in [1.165, 1.54) is 107 Å². The Labute approximate surface area is 174 Å². The third kappa shape index (κ3) is 7.45. The molecule has 1 aromatic rings. The maximum atomic E-state index is 10.1. The summed E-state index contributed by atoms with van der Waals surface area (Å²) in [6.07, 6.45) is 23.2. The van der Waals surface area contributed by atoms with Crippen LogP contribution in [0.25, 0.3) is 0 Å². The molecule has 2 aliphatic carbocycles. The van der Waals surface area contributed by atoms with Crippen molar-refractivity contribution in [3.63, 3.8) is 0 Å². The monoisotopic (exact) mass is 384 g/mol. The van der Waals surface area contributed by atoms with Crippen LogP contribution in [0.2, 0.25) is 0 Å². The van der Waals surface area contributed by atoms with Gasteiger partial charge in [-0.3, -0.25) is 0 Å². The summed E-state index contributed by atoms with van der Waals surface area (Å²) in [5.74, 6) is 0.466. The van der Waals surface area contributed by atoms with Crippen molar-refractivity contribution >= 4 is 0 Å². The fraction of sp³-hybridized carbons (Fsp3) is 0.778. The van der Waals surface area contributed by atoms with Gasteiger partial charge >= 0.3 is 0 Å². The zero-order chi connectivity index (χ0) is 19.9. The largest absolute Gasteiger partial charge is 0.508 e. The highest BCUT2D eigenvalue weighted by molar-refractivity contribution is 5.33. The van der Waals surface area contributed by atoms with Crippen LogP contribution in [0.5, 0.6) is 5.75 Å². The first-order chi connectivity index (χ1) is 13.5. The molecule has 0 spiro atoms. The van der Waals surface area contributed by atoms with Crippen LogP contribution in [0, 0.1) is 10.8 Å². The van der Waals surface area contributed by atoms with Gasteiger partial charge in [-0.05, 0) is 98.3 Å². The lowest BCUT2D eigenvalue weighted by atomic mass is 9.94. The standard InChI is InChI=1S/C27H44O/c1-3-27(18-19-27)15-11-7-5-9-13-24-20-23(21-25(28)22-24)12-8-4-6-10-14-26(2)16-17-26/h20-22,28H,3-19H2,1-2H3. The predicted molar refractivity (Wildman–Crippen MR) is 121 cm³/mol. The van der Waals surface area contributed by atoms with Gasteiger partial charge in [0.1, 0.15) is 5.75 Å². The Morgan fingerprint density at radius 2 is 1.25 bits per heavy atom. The van der Waals surface area contributed by atoms with E-state index in [0.29, 0.717) is 5.75 Å². The molecular formula is C27H44O. The normalized spacial score (nSPS) is 18.9. The lowest BCUT2D eigenvalue weighted by Gasteiger charge is -2.11. The van der Waals surface area contributed by atoms with Crippen LogP contribution in [-0.4, -0.2) is 5.11 Å². The van der Waals surface area contributed by atoms with E-state index in [1.807, 2.05) is 12.1 Å². The van der Waals surface area contributed by atoms with Crippen molar-refractivity contribution in [3.05, 3.63) is 29.3 Å². The van der Waals surface area contributed by atoms with Crippen LogP contribution in [-0.2, 0) is 12.8 Å². The van der Waals surface area contributed by atoms with Gasteiger partial charge in [-0.1, -0.05) is 64.9 Å². The molecule has 0 amide bonds. The average molecular weight is 385 g/mol. The van der Waals surface area contributed by atoms with Gasteiger partial charge in [0, 0.05) is 0 Å². The highest BCUT2D eigenvalue weighted by atomic mass is 16.3. The van der Waals surface area contributed by atoms with Crippen LogP contribution >= 0.6 is 0 Å². The second-order valence-electron chi connectivity index (χ2n) is 10.5. The summed E-state index contributed by atoms with van der Waals surface area (Å²) in [6.45, 7) is 4.80. The van der Waals surface area contributed by atoms with Crippen molar-refractivity contribution in [1.82, 2.24) is 0 Å². The molecule has 0 heterocycles. The SMILES string of the molecule is CCC1(CCCCCCc2cc(O)cc(CCCCCCC3(C)CC3)c2)CC1. The topological polar surface area (TPSA) is 20.2 Å². The smallest absolute Gasteiger partial charge is 0.116 e. The Morgan fingerprint density at radius 3 is 1.75 bits per heavy atom. The fourth-order valence-corrected chi connectivity index (χ4v) is 4.87. The van der Waals surface area contributed by atoms with Crippen LogP contribution in [0.1, 0.15) is 121 Å². The van der Waals surface area contributed by atoms with Gasteiger partial charge < -0.3 is 5.11 Å². The number of aromatic hydroxyl groups is 1. The second-order valence-corrected chi connectivity index (χ2v) is 10.5. The number of aryl methyl sites for hydroxylation is 2. The second kappa shape index (κ2) is 10.2. The molecule has 1 heteroatoms. The highest BCUT2D eigenvalue weighted by Gasteiger charge is 2.39. The van der Waals surface area contributed by atoms with E-state index in [2.05, 4.69) is 19.9 Å².